The van der Waals surface area contributed by atoms with Crippen LogP contribution in [-0.2, 0) is 11.2 Å². The van der Waals surface area contributed by atoms with Gasteiger partial charge in [0.15, 0.2) is 17.2 Å². The molecule has 4 rings (SSSR count). The van der Waals surface area contributed by atoms with Gasteiger partial charge in [0.1, 0.15) is 5.52 Å². The minimum Gasteiger partial charge on any atom is -0.493 e. The maximum Gasteiger partial charge on any atom is 0.254 e. The number of benzene rings is 2. The molecule has 1 aliphatic heterocycles. The number of rotatable bonds is 6. The Hall–Kier alpha value is -2.64. The normalized spacial score (nSPS) is 19.8. The molecule has 3 atom stereocenters. The van der Waals surface area contributed by atoms with Crippen LogP contribution in [0.3, 0.4) is 0 Å². The van der Waals surface area contributed by atoms with E-state index in [0.717, 1.165) is 5.56 Å². The SMILES string of the molecule is COc1cc(C(=O)N2CC(C)OC[C@H]2C)cc2nc(CC(CF)c3cccc(Cl)c3)oc12. The molecule has 0 bridgehead atoms. The Morgan fingerprint density at radius 2 is 2.16 bits per heavy atom. The van der Waals surface area contributed by atoms with Crippen LogP contribution >= 0.6 is 11.6 Å². The Bertz CT molecular complexity index is 1120. The van der Waals surface area contributed by atoms with Crippen LogP contribution in [0.4, 0.5) is 4.39 Å². The number of hydrogen-bond donors (Lipinski definition) is 0. The molecule has 3 aromatic rings. The van der Waals surface area contributed by atoms with E-state index in [-0.39, 0.29) is 24.5 Å². The van der Waals surface area contributed by atoms with Crippen molar-refractivity contribution in [1.29, 1.82) is 0 Å². The predicted octanol–water partition coefficient (Wildman–Crippen LogP) is 5.04. The van der Waals surface area contributed by atoms with Gasteiger partial charge in [-0.3, -0.25) is 9.18 Å². The lowest BCUT2D eigenvalue weighted by Crippen LogP contribution is -2.50. The van der Waals surface area contributed by atoms with Crippen LogP contribution in [0.15, 0.2) is 40.8 Å². The van der Waals surface area contributed by atoms with E-state index in [4.69, 9.17) is 25.5 Å². The van der Waals surface area contributed by atoms with E-state index in [9.17, 15) is 9.18 Å². The second-order valence-corrected chi connectivity index (χ2v) is 8.63. The van der Waals surface area contributed by atoms with Gasteiger partial charge in [-0.05, 0) is 43.7 Å². The van der Waals surface area contributed by atoms with Gasteiger partial charge in [-0.15, -0.1) is 0 Å². The van der Waals surface area contributed by atoms with Crippen molar-refractivity contribution in [3.05, 3.63) is 58.4 Å². The number of methoxy groups -OCH3 is 1. The Kier molecular flexibility index (Phi) is 6.67. The molecule has 2 aromatic carbocycles. The van der Waals surface area contributed by atoms with E-state index in [1.807, 2.05) is 19.9 Å². The van der Waals surface area contributed by atoms with Crippen LogP contribution in [0.2, 0.25) is 5.02 Å². The van der Waals surface area contributed by atoms with E-state index in [2.05, 4.69) is 4.98 Å². The van der Waals surface area contributed by atoms with Crippen molar-refractivity contribution in [2.45, 2.75) is 38.3 Å². The average molecular weight is 461 g/mol. The molecule has 1 amide bonds. The largest absolute Gasteiger partial charge is 0.493 e. The molecule has 2 unspecified atom stereocenters. The van der Waals surface area contributed by atoms with Gasteiger partial charge in [-0.1, -0.05) is 23.7 Å². The molecule has 1 aliphatic rings. The fourth-order valence-corrected chi connectivity index (χ4v) is 4.19. The first-order valence-electron chi connectivity index (χ1n) is 10.6. The van der Waals surface area contributed by atoms with Crippen molar-refractivity contribution >= 4 is 28.6 Å². The van der Waals surface area contributed by atoms with E-state index in [0.29, 0.717) is 46.5 Å². The second-order valence-electron chi connectivity index (χ2n) is 8.20. The fraction of sp³-hybridized carbons (Fsp3) is 0.417. The Morgan fingerprint density at radius 1 is 1.34 bits per heavy atom. The summed E-state index contributed by atoms with van der Waals surface area (Å²) in [6, 6.07) is 10.5. The van der Waals surface area contributed by atoms with Crippen LogP contribution in [0, 0.1) is 0 Å². The summed E-state index contributed by atoms with van der Waals surface area (Å²) in [4.78, 5) is 19.5. The molecule has 1 aromatic heterocycles. The highest BCUT2D eigenvalue weighted by atomic mass is 35.5. The van der Waals surface area contributed by atoms with E-state index in [1.165, 1.54) is 7.11 Å². The van der Waals surface area contributed by atoms with E-state index >= 15 is 0 Å². The van der Waals surface area contributed by atoms with Crippen molar-refractivity contribution in [1.82, 2.24) is 9.88 Å². The van der Waals surface area contributed by atoms with Gasteiger partial charge in [-0.2, -0.15) is 0 Å². The monoisotopic (exact) mass is 460 g/mol. The first kappa shape index (κ1) is 22.6. The zero-order valence-electron chi connectivity index (χ0n) is 18.3. The van der Waals surface area contributed by atoms with Crippen molar-refractivity contribution in [3.8, 4) is 5.75 Å². The topological polar surface area (TPSA) is 64.8 Å². The predicted molar refractivity (Wildman–Crippen MR) is 120 cm³/mol. The van der Waals surface area contributed by atoms with Crippen molar-refractivity contribution in [2.24, 2.45) is 0 Å². The number of ether oxygens (including phenoxy) is 2. The molecule has 2 heterocycles. The highest BCUT2D eigenvalue weighted by Crippen LogP contribution is 2.32. The standard InChI is InChI=1S/C24H26ClFN2O4/c1-14-13-31-15(2)12-28(14)24(29)17-8-20-23(21(9-17)30-3)32-22(27-20)10-18(11-26)16-5-4-6-19(25)7-16/h4-9,14-15,18H,10-13H2,1-3H3/t14-,15?,18?/m1/s1. The molecule has 0 N–H and O–H groups in total. The van der Waals surface area contributed by atoms with Crippen LogP contribution in [0.1, 0.15) is 41.6 Å². The molecular weight excluding hydrogens is 435 g/mol. The van der Waals surface area contributed by atoms with Crippen LogP contribution in [0.5, 0.6) is 5.75 Å². The summed E-state index contributed by atoms with van der Waals surface area (Å²) in [7, 11) is 1.51. The summed E-state index contributed by atoms with van der Waals surface area (Å²) in [6.07, 6.45) is 0.235. The van der Waals surface area contributed by atoms with E-state index < -0.39 is 12.6 Å². The minimum absolute atomic E-state index is 0.0245. The number of carbonyl (C=O) groups is 1. The molecule has 1 saturated heterocycles. The van der Waals surface area contributed by atoms with Crippen LogP contribution in [-0.4, -0.2) is 54.9 Å². The summed E-state index contributed by atoms with van der Waals surface area (Å²) in [5, 5.41) is 0.551. The summed E-state index contributed by atoms with van der Waals surface area (Å²) in [5.41, 5.74) is 2.18. The summed E-state index contributed by atoms with van der Waals surface area (Å²) in [6.45, 7) is 4.34. The van der Waals surface area contributed by atoms with Gasteiger partial charge in [0.05, 0.1) is 32.5 Å². The van der Waals surface area contributed by atoms with Crippen molar-refractivity contribution in [3.63, 3.8) is 0 Å². The molecule has 0 spiro atoms. The number of amides is 1. The third-order valence-corrected chi connectivity index (χ3v) is 6.00. The average Bonchev–Trinajstić information content (AvgIpc) is 3.20. The zero-order valence-corrected chi connectivity index (χ0v) is 19.1. The first-order chi connectivity index (χ1) is 15.4. The number of halogens is 2. The number of carbonyl (C=O) groups excluding carboxylic acids is 1. The molecule has 32 heavy (non-hydrogen) atoms. The maximum absolute atomic E-state index is 13.8. The van der Waals surface area contributed by atoms with E-state index in [1.54, 1.807) is 35.2 Å². The number of nitrogens with zero attached hydrogens (tertiary/aromatic N) is 2. The molecule has 0 saturated carbocycles. The Morgan fingerprint density at radius 3 is 2.88 bits per heavy atom. The molecule has 8 heteroatoms. The Labute approximate surface area is 191 Å². The van der Waals surface area contributed by atoms with Crippen LogP contribution < -0.4 is 4.74 Å². The number of hydrogen-bond acceptors (Lipinski definition) is 5. The van der Waals surface area contributed by atoms with Gasteiger partial charge in [0.2, 0.25) is 0 Å². The van der Waals surface area contributed by atoms with Gasteiger partial charge in [-0.25, -0.2) is 4.98 Å². The van der Waals surface area contributed by atoms with Gasteiger partial charge >= 0.3 is 0 Å². The third-order valence-electron chi connectivity index (χ3n) is 5.76. The number of fused-ring (bicyclic) bond motifs is 1. The van der Waals surface area contributed by atoms with Crippen molar-refractivity contribution in [2.75, 3.05) is 26.9 Å². The maximum atomic E-state index is 13.8. The minimum atomic E-state index is -0.576. The third kappa shape index (κ3) is 4.59. The lowest BCUT2D eigenvalue weighted by atomic mass is 9.97. The lowest BCUT2D eigenvalue weighted by molar-refractivity contribution is -0.0387. The Balaban J connectivity index is 1.64. The molecular formula is C24H26ClFN2O4. The molecule has 170 valence electrons. The zero-order chi connectivity index (χ0) is 22.8. The lowest BCUT2D eigenvalue weighted by Gasteiger charge is -2.36. The summed E-state index contributed by atoms with van der Waals surface area (Å²) >= 11 is 6.06. The van der Waals surface area contributed by atoms with Crippen LogP contribution in [0.25, 0.3) is 11.1 Å². The molecule has 6 nitrogen and oxygen atoms in total. The number of morpholine rings is 1. The number of oxazole rings is 1. The molecule has 1 fully saturated rings. The van der Waals surface area contributed by atoms with Gasteiger partial charge in [0.25, 0.3) is 5.91 Å². The number of aromatic nitrogens is 1. The quantitative estimate of drug-likeness (QED) is 0.516. The fourth-order valence-electron chi connectivity index (χ4n) is 4.00. The highest BCUT2D eigenvalue weighted by molar-refractivity contribution is 6.30. The van der Waals surface area contributed by atoms with Gasteiger partial charge < -0.3 is 18.8 Å². The number of alkyl halides is 1. The first-order valence-corrected chi connectivity index (χ1v) is 11.0. The van der Waals surface area contributed by atoms with Crippen molar-refractivity contribution < 1.29 is 23.1 Å². The summed E-state index contributed by atoms with van der Waals surface area (Å²) in [5.74, 6) is 0.236. The molecule has 0 aliphatic carbocycles. The molecule has 0 radical (unpaired) electrons. The second kappa shape index (κ2) is 9.46. The summed E-state index contributed by atoms with van der Waals surface area (Å²) < 4.78 is 30.8. The van der Waals surface area contributed by atoms with Gasteiger partial charge in [0, 0.05) is 29.5 Å². The smallest absolute Gasteiger partial charge is 0.254 e. The highest BCUT2D eigenvalue weighted by Gasteiger charge is 2.29.